The third-order valence-electron chi connectivity index (χ3n) is 2.92. The molecule has 1 aliphatic heterocycles. The molecule has 0 bridgehead atoms. The van der Waals surface area contributed by atoms with E-state index in [9.17, 15) is 16.8 Å². The molecular formula is C9H15N3O4S2. The van der Waals surface area contributed by atoms with Gasteiger partial charge in [-0.25, -0.2) is 26.5 Å². The number of imidazole rings is 1. The maximum Gasteiger partial charge on any atom is 0.259 e. The number of nitrogens with one attached hydrogen (secondary N) is 1. The standard InChI is InChI=1S/C9H15N3O4S2/c1-7-10-9(5-12(7)2)18(15,16)11-8-3-4-17(13,14)6-8/h5,8,11H,3-4,6H2,1-2H3. The van der Waals surface area contributed by atoms with Gasteiger partial charge in [0.1, 0.15) is 5.82 Å². The zero-order valence-electron chi connectivity index (χ0n) is 10.1. The van der Waals surface area contributed by atoms with E-state index in [1.54, 1.807) is 18.5 Å². The zero-order valence-corrected chi connectivity index (χ0v) is 11.8. The van der Waals surface area contributed by atoms with Gasteiger partial charge < -0.3 is 4.57 Å². The first-order valence-corrected chi connectivity index (χ1v) is 8.73. The molecule has 1 saturated heterocycles. The predicted molar refractivity (Wildman–Crippen MR) is 65.3 cm³/mol. The molecule has 1 fully saturated rings. The second-order valence-corrected chi connectivity index (χ2v) is 8.35. The predicted octanol–water partition coefficient (Wildman–Crippen LogP) is -0.806. The lowest BCUT2D eigenvalue weighted by Gasteiger charge is -2.09. The molecule has 1 aromatic heterocycles. The number of hydrogen-bond donors (Lipinski definition) is 1. The Hall–Kier alpha value is -0.930. The van der Waals surface area contributed by atoms with Crippen LogP contribution < -0.4 is 4.72 Å². The van der Waals surface area contributed by atoms with Crippen LogP contribution in [0.2, 0.25) is 0 Å². The maximum atomic E-state index is 12.0. The number of sulfonamides is 1. The molecule has 7 nitrogen and oxygen atoms in total. The van der Waals surface area contributed by atoms with Crippen LogP contribution >= 0.6 is 0 Å². The summed E-state index contributed by atoms with van der Waals surface area (Å²) in [6.07, 6.45) is 1.72. The van der Waals surface area contributed by atoms with Gasteiger partial charge in [0.2, 0.25) is 0 Å². The largest absolute Gasteiger partial charge is 0.337 e. The summed E-state index contributed by atoms with van der Waals surface area (Å²) in [4.78, 5) is 3.92. The van der Waals surface area contributed by atoms with Crippen molar-refractivity contribution in [2.24, 2.45) is 7.05 Å². The molecule has 0 spiro atoms. The van der Waals surface area contributed by atoms with Gasteiger partial charge >= 0.3 is 0 Å². The molecule has 1 unspecified atom stereocenters. The molecule has 1 aliphatic rings. The number of sulfone groups is 1. The highest BCUT2D eigenvalue weighted by Gasteiger charge is 2.32. The Morgan fingerprint density at radius 3 is 2.61 bits per heavy atom. The minimum Gasteiger partial charge on any atom is -0.337 e. The highest BCUT2D eigenvalue weighted by Crippen LogP contribution is 2.15. The van der Waals surface area contributed by atoms with E-state index in [0.717, 1.165) is 0 Å². The van der Waals surface area contributed by atoms with E-state index in [1.165, 1.54) is 6.20 Å². The van der Waals surface area contributed by atoms with Crippen LogP contribution in [0.1, 0.15) is 12.2 Å². The number of rotatable bonds is 3. The average molecular weight is 293 g/mol. The Morgan fingerprint density at radius 1 is 1.50 bits per heavy atom. The van der Waals surface area contributed by atoms with Gasteiger partial charge in [-0.3, -0.25) is 0 Å². The number of nitrogens with zero attached hydrogens (tertiary/aromatic N) is 2. The first kappa shape index (κ1) is 13.5. The van der Waals surface area contributed by atoms with Crippen LogP contribution in [0.15, 0.2) is 11.2 Å². The van der Waals surface area contributed by atoms with Crippen molar-refractivity contribution in [1.82, 2.24) is 14.3 Å². The first-order chi connectivity index (χ1) is 8.20. The molecule has 0 radical (unpaired) electrons. The van der Waals surface area contributed by atoms with Crippen LogP contribution in [0.5, 0.6) is 0 Å². The van der Waals surface area contributed by atoms with Gasteiger partial charge in [-0.1, -0.05) is 0 Å². The molecule has 0 aliphatic carbocycles. The van der Waals surface area contributed by atoms with Crippen molar-refractivity contribution in [2.75, 3.05) is 11.5 Å². The molecule has 0 amide bonds. The fourth-order valence-electron chi connectivity index (χ4n) is 1.82. The van der Waals surface area contributed by atoms with E-state index < -0.39 is 25.9 Å². The fraction of sp³-hybridized carbons (Fsp3) is 0.667. The zero-order chi connectivity index (χ0) is 13.6. The topological polar surface area (TPSA) is 98.1 Å². The molecule has 0 saturated carbocycles. The van der Waals surface area contributed by atoms with Crippen LogP contribution in [0, 0.1) is 6.92 Å². The molecular weight excluding hydrogens is 278 g/mol. The van der Waals surface area contributed by atoms with Crippen molar-refractivity contribution in [2.45, 2.75) is 24.4 Å². The van der Waals surface area contributed by atoms with Crippen molar-refractivity contribution in [1.29, 1.82) is 0 Å². The Labute approximate surface area is 106 Å². The molecule has 1 atom stereocenters. The smallest absolute Gasteiger partial charge is 0.259 e. The van der Waals surface area contributed by atoms with E-state index >= 15 is 0 Å². The first-order valence-electron chi connectivity index (χ1n) is 5.42. The second kappa shape index (κ2) is 4.32. The van der Waals surface area contributed by atoms with Crippen LogP contribution in [0.4, 0.5) is 0 Å². The van der Waals surface area contributed by atoms with Crippen LogP contribution in [0.3, 0.4) is 0 Å². The molecule has 0 aromatic carbocycles. The summed E-state index contributed by atoms with van der Waals surface area (Å²) >= 11 is 0. The Balaban J connectivity index is 2.18. The minimum absolute atomic E-state index is 0.0292. The van der Waals surface area contributed by atoms with Gasteiger partial charge in [-0.2, -0.15) is 0 Å². The molecule has 2 rings (SSSR count). The van der Waals surface area contributed by atoms with Crippen molar-refractivity contribution < 1.29 is 16.8 Å². The molecule has 1 N–H and O–H groups in total. The molecule has 1 aromatic rings. The molecule has 2 heterocycles. The quantitative estimate of drug-likeness (QED) is 0.786. The Bertz CT molecular complexity index is 640. The van der Waals surface area contributed by atoms with Crippen LogP contribution in [0.25, 0.3) is 0 Å². The van der Waals surface area contributed by atoms with Gasteiger partial charge in [0.15, 0.2) is 14.9 Å². The fourth-order valence-corrected chi connectivity index (χ4v) is 4.91. The average Bonchev–Trinajstić information content (AvgIpc) is 2.71. The molecule has 102 valence electrons. The highest BCUT2D eigenvalue weighted by atomic mass is 32.2. The lowest BCUT2D eigenvalue weighted by atomic mass is 10.3. The summed E-state index contributed by atoms with van der Waals surface area (Å²) < 4.78 is 50.5. The van der Waals surface area contributed by atoms with Gasteiger partial charge in [0, 0.05) is 19.3 Å². The number of aryl methyl sites for hydroxylation is 2. The molecule has 18 heavy (non-hydrogen) atoms. The Morgan fingerprint density at radius 2 is 2.17 bits per heavy atom. The van der Waals surface area contributed by atoms with E-state index in [-0.39, 0.29) is 16.5 Å². The summed E-state index contributed by atoms with van der Waals surface area (Å²) in [5.74, 6) is 0.467. The van der Waals surface area contributed by atoms with Gasteiger partial charge in [-0.15, -0.1) is 0 Å². The molecule has 9 heteroatoms. The third-order valence-corrected chi connectivity index (χ3v) is 6.08. The summed E-state index contributed by atoms with van der Waals surface area (Å²) in [5.41, 5.74) is 0. The van der Waals surface area contributed by atoms with Crippen molar-refractivity contribution in [3.8, 4) is 0 Å². The highest BCUT2D eigenvalue weighted by molar-refractivity contribution is 7.92. The van der Waals surface area contributed by atoms with Crippen LogP contribution in [-0.2, 0) is 26.9 Å². The lowest BCUT2D eigenvalue weighted by molar-refractivity contribution is 0.559. The number of aromatic nitrogens is 2. The van der Waals surface area contributed by atoms with Crippen molar-refractivity contribution >= 4 is 19.9 Å². The maximum absolute atomic E-state index is 12.0. The third kappa shape index (κ3) is 2.73. The van der Waals surface area contributed by atoms with E-state index in [4.69, 9.17) is 0 Å². The SMILES string of the molecule is Cc1nc(S(=O)(=O)NC2CCS(=O)(=O)C2)cn1C. The normalized spacial score (nSPS) is 23.3. The van der Waals surface area contributed by atoms with Gasteiger partial charge in [0.05, 0.1) is 11.5 Å². The summed E-state index contributed by atoms with van der Waals surface area (Å²) in [7, 11) is -5.15. The van der Waals surface area contributed by atoms with Gasteiger partial charge in [0.25, 0.3) is 10.0 Å². The van der Waals surface area contributed by atoms with E-state index in [2.05, 4.69) is 9.71 Å². The van der Waals surface area contributed by atoms with Crippen molar-refractivity contribution in [3.63, 3.8) is 0 Å². The summed E-state index contributed by atoms with van der Waals surface area (Å²) in [5, 5.41) is -0.0770. The second-order valence-electron chi connectivity index (χ2n) is 4.46. The monoisotopic (exact) mass is 293 g/mol. The lowest BCUT2D eigenvalue weighted by Crippen LogP contribution is -2.35. The van der Waals surface area contributed by atoms with Crippen LogP contribution in [-0.4, -0.2) is 43.9 Å². The minimum atomic E-state index is -3.74. The van der Waals surface area contributed by atoms with E-state index in [0.29, 0.717) is 12.2 Å². The van der Waals surface area contributed by atoms with Gasteiger partial charge in [-0.05, 0) is 13.3 Å². The summed E-state index contributed by atoms with van der Waals surface area (Å²) in [6.45, 7) is 1.69. The summed E-state index contributed by atoms with van der Waals surface area (Å²) in [6, 6.07) is -0.553. The Kier molecular flexibility index (Phi) is 3.24. The van der Waals surface area contributed by atoms with E-state index in [1.807, 2.05) is 0 Å². The number of hydrogen-bond acceptors (Lipinski definition) is 5. The van der Waals surface area contributed by atoms with Crippen molar-refractivity contribution in [3.05, 3.63) is 12.0 Å².